The van der Waals surface area contributed by atoms with E-state index in [1.165, 1.54) is 6.20 Å². The van der Waals surface area contributed by atoms with Crippen LogP contribution in [0.4, 0.5) is 4.79 Å². The van der Waals surface area contributed by atoms with Gasteiger partial charge in [0.1, 0.15) is 17.3 Å². The molecule has 3 N–H and O–H groups in total. The van der Waals surface area contributed by atoms with Gasteiger partial charge in [0.2, 0.25) is 5.88 Å². The third kappa shape index (κ3) is 6.65. The summed E-state index contributed by atoms with van der Waals surface area (Å²) < 4.78 is 6.22. The molecule has 1 aliphatic heterocycles. The molecule has 0 bridgehead atoms. The number of hydrogen-bond acceptors (Lipinski definition) is 6. The number of fused-ring (bicyclic) bond motifs is 1. The second kappa shape index (κ2) is 11.7. The second-order valence-corrected chi connectivity index (χ2v) is 9.80. The fraction of sp³-hybridized carbons (Fsp3) is 0.654. The first kappa shape index (κ1) is 26.8. The Kier molecular flexibility index (Phi) is 8.98. The minimum Gasteiger partial charge on any atom is -0.472 e. The zero-order valence-electron chi connectivity index (χ0n) is 21.2. The minimum absolute atomic E-state index is 0.125. The third-order valence-corrected chi connectivity index (χ3v) is 6.72. The number of likely N-dealkylation sites (N-methyl/N-ethyl adjacent to an activating group) is 1. The molecule has 3 rings (SSSR count). The van der Waals surface area contributed by atoms with Gasteiger partial charge in [0.25, 0.3) is 5.91 Å². The van der Waals surface area contributed by atoms with Crippen LogP contribution in [0.1, 0.15) is 68.8 Å². The first-order chi connectivity index (χ1) is 16.7. The van der Waals surface area contributed by atoms with Crippen molar-refractivity contribution in [1.29, 1.82) is 0 Å². The van der Waals surface area contributed by atoms with Gasteiger partial charge >= 0.3 is 6.03 Å². The van der Waals surface area contributed by atoms with E-state index < -0.39 is 17.7 Å². The number of urea groups is 1. The Morgan fingerprint density at radius 1 is 1.43 bits per heavy atom. The summed E-state index contributed by atoms with van der Waals surface area (Å²) in [6.45, 7) is 6.80. The van der Waals surface area contributed by atoms with Crippen molar-refractivity contribution in [3.63, 3.8) is 0 Å². The predicted molar refractivity (Wildman–Crippen MR) is 132 cm³/mol. The summed E-state index contributed by atoms with van der Waals surface area (Å²) in [5, 5.41) is 23.2. The summed E-state index contributed by atoms with van der Waals surface area (Å²) in [5.74, 6) is 5.68. The molecule has 9 heteroatoms. The van der Waals surface area contributed by atoms with E-state index in [1.807, 2.05) is 13.8 Å². The Labute approximate surface area is 207 Å². The van der Waals surface area contributed by atoms with Gasteiger partial charge in [-0.05, 0) is 45.1 Å². The Balaban J connectivity index is 1.92. The van der Waals surface area contributed by atoms with Crippen LogP contribution < -0.4 is 10.1 Å². The lowest BCUT2D eigenvalue weighted by Gasteiger charge is -2.37. The van der Waals surface area contributed by atoms with Gasteiger partial charge < -0.3 is 30.1 Å². The highest BCUT2D eigenvalue weighted by Crippen LogP contribution is 2.30. The Bertz CT molecular complexity index is 966. The lowest BCUT2D eigenvalue weighted by molar-refractivity contribution is 0.0352. The van der Waals surface area contributed by atoms with Crippen molar-refractivity contribution in [2.24, 2.45) is 5.92 Å². The van der Waals surface area contributed by atoms with E-state index in [-0.39, 0.29) is 35.9 Å². The first-order valence-corrected chi connectivity index (χ1v) is 12.5. The van der Waals surface area contributed by atoms with E-state index >= 15 is 0 Å². The van der Waals surface area contributed by atoms with Crippen molar-refractivity contribution in [2.45, 2.75) is 70.6 Å². The smallest absolute Gasteiger partial charge is 0.317 e. The van der Waals surface area contributed by atoms with E-state index in [2.05, 4.69) is 22.1 Å². The Hall–Kier alpha value is -2.83. The molecular formula is C26H38N4O5. The Morgan fingerprint density at radius 2 is 2.14 bits per heavy atom. The highest BCUT2D eigenvalue weighted by atomic mass is 16.5. The molecule has 0 radical (unpaired) electrons. The molecule has 1 aromatic heterocycles. The van der Waals surface area contributed by atoms with Crippen LogP contribution in [-0.2, 0) is 0 Å². The second-order valence-electron chi connectivity index (χ2n) is 9.80. The number of hydrogen-bond donors (Lipinski definition) is 3. The summed E-state index contributed by atoms with van der Waals surface area (Å²) in [4.78, 5) is 33.5. The molecule has 35 heavy (non-hydrogen) atoms. The number of amides is 3. The van der Waals surface area contributed by atoms with Crippen molar-refractivity contribution >= 4 is 11.9 Å². The summed E-state index contributed by atoms with van der Waals surface area (Å²) in [7, 11) is 1.71. The maximum Gasteiger partial charge on any atom is 0.317 e. The molecule has 3 amide bonds. The van der Waals surface area contributed by atoms with Crippen LogP contribution in [0.25, 0.3) is 0 Å². The average molecular weight is 487 g/mol. The van der Waals surface area contributed by atoms with E-state index in [9.17, 15) is 19.8 Å². The van der Waals surface area contributed by atoms with E-state index in [0.29, 0.717) is 38.0 Å². The number of pyridine rings is 1. The van der Waals surface area contributed by atoms with E-state index in [4.69, 9.17) is 4.74 Å². The number of carbonyl (C=O) groups excluding carboxylic acids is 2. The molecule has 0 aromatic carbocycles. The maximum atomic E-state index is 13.5. The average Bonchev–Trinajstić information content (AvgIpc) is 3.29. The molecular weight excluding hydrogens is 448 g/mol. The van der Waals surface area contributed by atoms with Crippen LogP contribution in [0.15, 0.2) is 12.3 Å². The monoisotopic (exact) mass is 486 g/mol. The number of aromatic nitrogens is 1. The number of nitrogens with zero attached hydrogens (tertiary/aromatic N) is 3. The Morgan fingerprint density at radius 3 is 2.80 bits per heavy atom. The first-order valence-electron chi connectivity index (χ1n) is 12.5. The lowest BCUT2D eigenvalue weighted by atomic mass is 9.99. The molecule has 1 saturated carbocycles. The highest BCUT2D eigenvalue weighted by Gasteiger charge is 2.35. The van der Waals surface area contributed by atoms with Gasteiger partial charge in [-0.2, -0.15) is 0 Å². The van der Waals surface area contributed by atoms with Crippen molar-refractivity contribution in [1.82, 2.24) is 20.1 Å². The van der Waals surface area contributed by atoms with Crippen molar-refractivity contribution in [2.75, 3.05) is 33.3 Å². The van der Waals surface area contributed by atoms with Gasteiger partial charge in [-0.1, -0.05) is 25.7 Å². The summed E-state index contributed by atoms with van der Waals surface area (Å²) in [6, 6.07) is 1.04. The number of nitrogens with one attached hydrogen (secondary N) is 1. The molecule has 1 fully saturated rings. The number of carbonyl (C=O) groups is 2. The predicted octanol–water partition coefficient (Wildman–Crippen LogP) is 2.01. The van der Waals surface area contributed by atoms with Crippen LogP contribution in [0.2, 0.25) is 0 Å². The molecule has 1 aliphatic carbocycles. The van der Waals surface area contributed by atoms with E-state index in [1.54, 1.807) is 29.8 Å². The summed E-state index contributed by atoms with van der Waals surface area (Å²) >= 11 is 0. The van der Waals surface area contributed by atoms with Crippen LogP contribution in [0.3, 0.4) is 0 Å². The van der Waals surface area contributed by atoms with Crippen LogP contribution >= 0.6 is 0 Å². The molecule has 0 unspecified atom stereocenters. The molecule has 1 aromatic rings. The fourth-order valence-corrected chi connectivity index (χ4v) is 4.38. The summed E-state index contributed by atoms with van der Waals surface area (Å²) in [6.07, 6.45) is 5.12. The number of ether oxygens (including phenoxy) is 1. The number of aliphatic hydroxyl groups excluding tert-OH is 1. The molecule has 0 spiro atoms. The quantitative estimate of drug-likeness (QED) is 0.530. The molecule has 9 nitrogen and oxygen atoms in total. The topological polar surface area (TPSA) is 115 Å². The minimum atomic E-state index is -0.994. The standard InChI is InChI=1S/C26H38N4O5/c1-5-12-27-25(33)29(4)16-22-18(2)15-30(19(3)17-31)24(32)21-13-20(14-28-23(21)35-22)8-11-26(34)9-6-7-10-26/h13-14,18-19,22,31,34H,5-7,9-10,12,15-17H2,1-4H3,(H,27,33)/t18-,19+,22-/m0/s1. The fourth-order valence-electron chi connectivity index (χ4n) is 4.38. The van der Waals surface area contributed by atoms with Crippen LogP contribution in [0, 0.1) is 17.8 Å². The lowest BCUT2D eigenvalue weighted by Crippen LogP contribution is -2.51. The van der Waals surface area contributed by atoms with Crippen LogP contribution in [0.5, 0.6) is 5.88 Å². The van der Waals surface area contributed by atoms with Crippen LogP contribution in [-0.4, -0.2) is 88.0 Å². The maximum absolute atomic E-state index is 13.5. The van der Waals surface area contributed by atoms with Gasteiger partial charge in [0, 0.05) is 37.8 Å². The number of rotatable bonds is 6. The third-order valence-electron chi connectivity index (χ3n) is 6.72. The SMILES string of the molecule is CCCNC(=O)N(C)C[C@@H]1Oc2ncc(C#CC3(O)CCCC3)cc2C(=O)N([C@H](C)CO)C[C@@H]1C. The molecule has 2 aliphatic rings. The largest absolute Gasteiger partial charge is 0.472 e. The van der Waals surface area contributed by atoms with Crippen molar-refractivity contribution in [3.05, 3.63) is 23.4 Å². The van der Waals surface area contributed by atoms with Gasteiger partial charge in [0.05, 0.1) is 19.2 Å². The van der Waals surface area contributed by atoms with Crippen molar-refractivity contribution < 1.29 is 24.5 Å². The zero-order valence-corrected chi connectivity index (χ0v) is 21.2. The number of aliphatic hydroxyl groups is 2. The molecule has 0 saturated heterocycles. The molecule has 2 heterocycles. The molecule has 192 valence electrons. The highest BCUT2D eigenvalue weighted by molar-refractivity contribution is 5.97. The van der Waals surface area contributed by atoms with E-state index in [0.717, 1.165) is 19.3 Å². The van der Waals surface area contributed by atoms with Crippen molar-refractivity contribution in [3.8, 4) is 17.7 Å². The van der Waals surface area contributed by atoms with Gasteiger partial charge in [0.15, 0.2) is 0 Å². The molecule has 3 atom stereocenters. The van der Waals surface area contributed by atoms with Gasteiger partial charge in [-0.25, -0.2) is 9.78 Å². The van der Waals surface area contributed by atoms with Gasteiger partial charge in [-0.3, -0.25) is 4.79 Å². The normalized spacial score (nSPS) is 22.1. The summed E-state index contributed by atoms with van der Waals surface area (Å²) in [5.41, 5.74) is -0.226. The zero-order chi connectivity index (χ0) is 25.6. The van der Waals surface area contributed by atoms with Gasteiger partial charge in [-0.15, -0.1) is 0 Å².